The van der Waals surface area contributed by atoms with Crippen molar-refractivity contribution in [3.8, 4) is 0 Å². The van der Waals surface area contributed by atoms with Gasteiger partial charge in [-0.2, -0.15) is 5.06 Å². The molecule has 11 atom stereocenters. The Morgan fingerprint density at radius 3 is 2.39 bits per heavy atom. The molecule has 4 aliphatic carbocycles. The van der Waals surface area contributed by atoms with Gasteiger partial charge in [-0.25, -0.2) is 0 Å². The minimum atomic E-state index is -1.42. The summed E-state index contributed by atoms with van der Waals surface area (Å²) in [5, 5.41) is 15.1. The minimum absolute atomic E-state index is 0.000920. The first-order chi connectivity index (χ1) is 29.0. The number of epoxide rings is 1. The summed E-state index contributed by atoms with van der Waals surface area (Å²) in [7, 11) is 0. The van der Waals surface area contributed by atoms with E-state index in [1.165, 1.54) is 18.4 Å². The number of nitrogens with zero attached hydrogens (tertiary/aromatic N) is 1. The molecule has 1 spiro atoms. The standard InChI is InChI=1S/C49H62N2O10/c1-45(2,3)58-38(53)18-16-33(27-52)50-44(55)49-25-36-39-40(60-48(59-39)22-31-9-7-8-10-32(31)23-48)42(49)61-51(41(49)43(54)56-36)26-29-13-11-28(12-14-29)21-30-15-17-37-47(6,57-37)20-19-35-34(30)24-46(35,4)5/h7-14,21,33-37,39-42,52H,15-20,22-27H2,1-6H3,(H,50,55). The number of rotatable bonds is 9. The molecule has 4 heterocycles. The van der Waals surface area contributed by atoms with Crippen LogP contribution in [0.4, 0.5) is 0 Å². The lowest BCUT2D eigenvalue weighted by atomic mass is 9.52. The number of allylic oxidation sites excluding steroid dienone is 1. The number of hydrogen-bond donors (Lipinski definition) is 2. The summed E-state index contributed by atoms with van der Waals surface area (Å²) >= 11 is 0. The fourth-order valence-electron chi connectivity index (χ4n) is 12.3. The largest absolute Gasteiger partial charge is 0.460 e. The second-order valence-corrected chi connectivity index (χ2v) is 21.3. The molecule has 12 heteroatoms. The average Bonchev–Trinajstić information content (AvgIpc) is 3.48. The van der Waals surface area contributed by atoms with Gasteiger partial charge in [-0.15, -0.1) is 0 Å². The number of amides is 1. The van der Waals surface area contributed by atoms with Gasteiger partial charge in [0.05, 0.1) is 30.9 Å². The fourth-order valence-corrected chi connectivity index (χ4v) is 12.3. The summed E-state index contributed by atoms with van der Waals surface area (Å²) in [5.74, 6) is -1.16. The number of esters is 2. The molecule has 7 fully saturated rings. The Labute approximate surface area is 358 Å². The van der Waals surface area contributed by atoms with E-state index in [-0.39, 0.29) is 31.4 Å². The maximum atomic E-state index is 14.9. The highest BCUT2D eigenvalue weighted by Crippen LogP contribution is 2.61. The van der Waals surface area contributed by atoms with Crippen LogP contribution in [0.2, 0.25) is 0 Å². The van der Waals surface area contributed by atoms with Gasteiger partial charge in [0.15, 0.2) is 11.8 Å². The number of ether oxygens (including phenoxy) is 5. The molecule has 11 unspecified atom stereocenters. The van der Waals surface area contributed by atoms with E-state index in [1.54, 1.807) is 25.8 Å². The van der Waals surface area contributed by atoms with Gasteiger partial charge >= 0.3 is 11.9 Å². The Kier molecular flexibility index (Phi) is 9.97. The van der Waals surface area contributed by atoms with E-state index in [1.807, 2.05) is 12.1 Å². The molecular weight excluding hydrogens is 777 g/mol. The Hall–Kier alpha value is -3.65. The van der Waals surface area contributed by atoms with Crippen molar-refractivity contribution in [1.82, 2.24) is 10.4 Å². The third-order valence-corrected chi connectivity index (χ3v) is 15.5. The van der Waals surface area contributed by atoms with Crippen LogP contribution in [0.15, 0.2) is 54.1 Å². The Bertz CT molecular complexity index is 2090. The van der Waals surface area contributed by atoms with Crippen LogP contribution in [0, 0.1) is 22.7 Å². The number of nitrogens with one attached hydrogen (secondary N) is 1. The number of carbonyl (C=O) groups excluding carboxylic acids is 3. The number of hydrogen-bond acceptors (Lipinski definition) is 11. The number of benzene rings is 2. The number of aliphatic hydroxyl groups is 1. The van der Waals surface area contributed by atoms with Gasteiger partial charge in [-0.05, 0) is 106 Å². The van der Waals surface area contributed by atoms with Crippen molar-refractivity contribution in [3.63, 3.8) is 0 Å². The molecule has 2 bridgehead atoms. The molecule has 0 aromatic heterocycles. The Morgan fingerprint density at radius 1 is 0.984 bits per heavy atom. The van der Waals surface area contributed by atoms with Gasteiger partial charge in [0, 0.05) is 25.7 Å². The third kappa shape index (κ3) is 7.27. The minimum Gasteiger partial charge on any atom is -0.460 e. The lowest BCUT2D eigenvalue weighted by Gasteiger charge is -2.53. The van der Waals surface area contributed by atoms with Crippen molar-refractivity contribution >= 4 is 23.9 Å². The molecule has 2 aromatic carbocycles. The molecule has 328 valence electrons. The van der Waals surface area contributed by atoms with Gasteiger partial charge in [0.1, 0.15) is 35.4 Å². The lowest BCUT2D eigenvalue weighted by Crippen LogP contribution is -2.70. The summed E-state index contributed by atoms with van der Waals surface area (Å²) in [4.78, 5) is 48.7. The van der Waals surface area contributed by atoms with Crippen molar-refractivity contribution in [1.29, 1.82) is 0 Å². The van der Waals surface area contributed by atoms with E-state index >= 15 is 0 Å². The SMILES string of the molecule is CC(C)(C)OC(=O)CCC(CO)NC(=O)C12CC3OC(=O)C1N(Cc1ccc(C=C4CCC5OC5(C)CCC5C4CC5(C)C)cc1)OC2C1OC2(Cc4ccccc4C2)OC31. The molecule has 3 saturated carbocycles. The van der Waals surface area contributed by atoms with Crippen LogP contribution in [-0.2, 0) is 62.3 Å². The number of aliphatic hydroxyl groups excluding tert-OH is 1. The van der Waals surface area contributed by atoms with E-state index in [0.29, 0.717) is 36.2 Å². The van der Waals surface area contributed by atoms with Crippen molar-refractivity contribution in [2.45, 2.75) is 172 Å². The normalized spacial score (nSPS) is 37.5. The van der Waals surface area contributed by atoms with Crippen LogP contribution in [-0.4, -0.2) is 94.2 Å². The topological polar surface area (TPSA) is 145 Å². The molecule has 10 rings (SSSR count). The average molecular weight is 839 g/mol. The summed E-state index contributed by atoms with van der Waals surface area (Å²) in [6.45, 7) is 12.3. The van der Waals surface area contributed by atoms with Crippen molar-refractivity contribution in [3.05, 3.63) is 76.4 Å². The first-order valence-corrected chi connectivity index (χ1v) is 22.7. The molecule has 2 aromatic rings. The Balaban J connectivity index is 0.915. The molecule has 12 nitrogen and oxygen atoms in total. The van der Waals surface area contributed by atoms with E-state index in [4.69, 9.17) is 28.5 Å². The highest BCUT2D eigenvalue weighted by molar-refractivity contribution is 5.94. The zero-order valence-electron chi connectivity index (χ0n) is 36.4. The van der Waals surface area contributed by atoms with Crippen molar-refractivity contribution in [2.24, 2.45) is 22.7 Å². The van der Waals surface area contributed by atoms with Gasteiger partial charge in [0.25, 0.3) is 0 Å². The molecule has 4 saturated heterocycles. The second-order valence-electron chi connectivity index (χ2n) is 21.3. The molecule has 8 aliphatic rings. The first-order valence-electron chi connectivity index (χ1n) is 22.7. The first kappa shape index (κ1) is 41.4. The molecule has 61 heavy (non-hydrogen) atoms. The van der Waals surface area contributed by atoms with Gasteiger partial charge < -0.3 is 34.1 Å². The second kappa shape index (κ2) is 14.7. The zero-order valence-corrected chi connectivity index (χ0v) is 36.4. The fraction of sp³-hybridized carbons (Fsp3) is 0.653. The van der Waals surface area contributed by atoms with Gasteiger partial charge in [-0.1, -0.05) is 74.0 Å². The van der Waals surface area contributed by atoms with Gasteiger partial charge in [-0.3, -0.25) is 19.2 Å². The van der Waals surface area contributed by atoms with Crippen LogP contribution in [0.1, 0.15) is 115 Å². The predicted molar refractivity (Wildman–Crippen MR) is 223 cm³/mol. The van der Waals surface area contributed by atoms with Crippen LogP contribution in [0.3, 0.4) is 0 Å². The predicted octanol–water partition coefficient (Wildman–Crippen LogP) is 6.14. The van der Waals surface area contributed by atoms with Gasteiger partial charge in [0.2, 0.25) is 5.91 Å². The molecule has 4 aliphatic heterocycles. The van der Waals surface area contributed by atoms with E-state index in [9.17, 15) is 19.5 Å². The highest BCUT2D eigenvalue weighted by atomic mass is 16.8. The molecular formula is C49H62N2O10. The van der Waals surface area contributed by atoms with Crippen LogP contribution < -0.4 is 5.32 Å². The van der Waals surface area contributed by atoms with Crippen LogP contribution >= 0.6 is 0 Å². The summed E-state index contributed by atoms with van der Waals surface area (Å²) in [6, 6.07) is 14.7. The lowest BCUT2D eigenvalue weighted by molar-refractivity contribution is -0.217. The van der Waals surface area contributed by atoms with Crippen LogP contribution in [0.25, 0.3) is 6.08 Å². The monoisotopic (exact) mass is 838 g/mol. The maximum absolute atomic E-state index is 14.9. The molecule has 1 amide bonds. The zero-order chi connectivity index (χ0) is 42.7. The highest BCUT2D eigenvalue weighted by Gasteiger charge is 2.76. The number of hydroxylamine groups is 2. The third-order valence-electron chi connectivity index (χ3n) is 15.5. The number of fused-ring (bicyclic) bond motifs is 7. The smallest absolute Gasteiger partial charge is 0.327 e. The summed E-state index contributed by atoms with van der Waals surface area (Å²) in [6.07, 6.45) is 6.75. The van der Waals surface area contributed by atoms with E-state index < -0.39 is 77.8 Å². The maximum Gasteiger partial charge on any atom is 0.327 e. The summed E-state index contributed by atoms with van der Waals surface area (Å²) in [5.41, 5.74) is 4.12. The quantitative estimate of drug-likeness (QED) is 0.222. The van der Waals surface area contributed by atoms with Crippen LogP contribution in [0.5, 0.6) is 0 Å². The van der Waals surface area contributed by atoms with E-state index in [2.05, 4.69) is 68.6 Å². The Morgan fingerprint density at radius 2 is 1.70 bits per heavy atom. The molecule has 0 radical (unpaired) electrons. The molecule has 2 N–H and O–H groups in total. The van der Waals surface area contributed by atoms with Crippen molar-refractivity contribution < 1.29 is 48.0 Å². The van der Waals surface area contributed by atoms with E-state index in [0.717, 1.165) is 41.5 Å². The number of carbonyl (C=O) groups is 3. The van der Waals surface area contributed by atoms with Crippen molar-refractivity contribution in [2.75, 3.05) is 6.61 Å². The summed E-state index contributed by atoms with van der Waals surface area (Å²) < 4.78 is 31.6.